The van der Waals surface area contributed by atoms with Crippen LogP contribution in [-0.2, 0) is 0 Å². The first-order valence-corrected chi connectivity index (χ1v) is 4.71. The first kappa shape index (κ1) is 11.9. The number of alkyl halides is 2. The fraction of sp³-hybridized carbons (Fsp3) is 1.00. The minimum atomic E-state index is -2.14. The molecule has 0 N–H and O–H groups in total. The Morgan fingerprint density at radius 2 is 1.42 bits per heavy atom. The zero-order valence-corrected chi connectivity index (χ0v) is 8.48. The van der Waals surface area contributed by atoms with Gasteiger partial charge >= 0.3 is 0 Å². The Morgan fingerprint density at radius 1 is 0.917 bits per heavy atom. The Labute approximate surface area is 74.4 Å². The normalized spacial score (nSPS) is 17.0. The molecular formula is C10H20F2. The number of halogens is 2. The van der Waals surface area contributed by atoms with Crippen LogP contribution in [-0.4, -0.2) is 6.43 Å². The van der Waals surface area contributed by atoms with Crippen molar-refractivity contribution >= 4 is 0 Å². The molecule has 0 spiro atoms. The van der Waals surface area contributed by atoms with Crippen LogP contribution in [0.2, 0.25) is 0 Å². The van der Waals surface area contributed by atoms with E-state index in [0.717, 1.165) is 6.42 Å². The van der Waals surface area contributed by atoms with Crippen molar-refractivity contribution in [2.75, 3.05) is 0 Å². The number of hydrogen-bond donors (Lipinski definition) is 0. The maximum absolute atomic E-state index is 11.9. The lowest BCUT2D eigenvalue weighted by molar-refractivity contribution is 0.110. The van der Waals surface area contributed by atoms with Gasteiger partial charge in [0, 0.05) is 6.42 Å². The Hall–Kier alpha value is -0.140. The third kappa shape index (κ3) is 5.50. The van der Waals surface area contributed by atoms with Crippen LogP contribution >= 0.6 is 0 Å². The molecule has 74 valence electrons. The van der Waals surface area contributed by atoms with Gasteiger partial charge in [-0.15, -0.1) is 0 Å². The van der Waals surface area contributed by atoms with Gasteiger partial charge in [-0.2, -0.15) is 0 Å². The standard InChI is InChI=1S/C10H20F2/c1-7(2)9(4)5-8(3)6-10(11)12/h7-10H,5-6H2,1-4H3. The lowest BCUT2D eigenvalue weighted by atomic mass is 9.87. The van der Waals surface area contributed by atoms with Gasteiger partial charge in [0.15, 0.2) is 0 Å². The molecule has 0 heterocycles. The van der Waals surface area contributed by atoms with Gasteiger partial charge in [-0.25, -0.2) is 8.78 Å². The van der Waals surface area contributed by atoms with Crippen LogP contribution in [0.25, 0.3) is 0 Å². The highest BCUT2D eigenvalue weighted by molar-refractivity contribution is 4.63. The van der Waals surface area contributed by atoms with Crippen LogP contribution in [0.15, 0.2) is 0 Å². The van der Waals surface area contributed by atoms with E-state index < -0.39 is 6.43 Å². The smallest absolute Gasteiger partial charge is 0.211 e. The lowest BCUT2D eigenvalue weighted by Gasteiger charge is -2.19. The van der Waals surface area contributed by atoms with Crippen molar-refractivity contribution in [3.05, 3.63) is 0 Å². The minimum Gasteiger partial charge on any atom is -0.211 e. The monoisotopic (exact) mass is 178 g/mol. The Kier molecular flexibility index (Phi) is 5.43. The molecule has 0 aromatic carbocycles. The summed E-state index contributed by atoms with van der Waals surface area (Å²) in [5, 5.41) is 0. The Balaban J connectivity index is 3.61. The first-order chi connectivity index (χ1) is 5.43. The predicted octanol–water partition coefficient (Wildman–Crippen LogP) is 3.96. The first-order valence-electron chi connectivity index (χ1n) is 4.71. The highest BCUT2D eigenvalue weighted by atomic mass is 19.3. The van der Waals surface area contributed by atoms with Crippen molar-refractivity contribution in [3.63, 3.8) is 0 Å². The molecule has 2 atom stereocenters. The molecule has 2 heteroatoms. The molecule has 0 nitrogen and oxygen atoms in total. The van der Waals surface area contributed by atoms with E-state index >= 15 is 0 Å². The van der Waals surface area contributed by atoms with Crippen molar-refractivity contribution in [1.82, 2.24) is 0 Å². The van der Waals surface area contributed by atoms with E-state index in [0.29, 0.717) is 11.8 Å². The van der Waals surface area contributed by atoms with E-state index in [1.807, 2.05) is 6.92 Å². The molecule has 0 aromatic heterocycles. The van der Waals surface area contributed by atoms with E-state index in [-0.39, 0.29) is 12.3 Å². The summed E-state index contributed by atoms with van der Waals surface area (Å²) in [4.78, 5) is 0. The molecule has 0 aliphatic rings. The molecular weight excluding hydrogens is 158 g/mol. The topological polar surface area (TPSA) is 0 Å². The summed E-state index contributed by atoms with van der Waals surface area (Å²) < 4.78 is 23.9. The van der Waals surface area contributed by atoms with E-state index in [4.69, 9.17) is 0 Å². The fourth-order valence-electron chi connectivity index (χ4n) is 1.31. The summed E-state index contributed by atoms with van der Waals surface area (Å²) in [7, 11) is 0. The highest BCUT2D eigenvalue weighted by Gasteiger charge is 2.15. The fourth-order valence-corrected chi connectivity index (χ4v) is 1.31. The summed E-state index contributed by atoms with van der Waals surface area (Å²) in [6, 6.07) is 0. The molecule has 0 aromatic rings. The zero-order chi connectivity index (χ0) is 9.72. The maximum Gasteiger partial charge on any atom is 0.238 e. The van der Waals surface area contributed by atoms with Crippen molar-refractivity contribution in [1.29, 1.82) is 0 Å². The van der Waals surface area contributed by atoms with Gasteiger partial charge in [0.25, 0.3) is 0 Å². The van der Waals surface area contributed by atoms with E-state index in [2.05, 4.69) is 20.8 Å². The van der Waals surface area contributed by atoms with Crippen LogP contribution in [0.5, 0.6) is 0 Å². The largest absolute Gasteiger partial charge is 0.238 e. The van der Waals surface area contributed by atoms with Crippen molar-refractivity contribution in [2.45, 2.75) is 47.0 Å². The molecule has 0 radical (unpaired) electrons. The van der Waals surface area contributed by atoms with Gasteiger partial charge in [0.1, 0.15) is 0 Å². The van der Waals surface area contributed by atoms with E-state index in [9.17, 15) is 8.78 Å². The summed E-state index contributed by atoms with van der Waals surface area (Å²) >= 11 is 0. The molecule has 0 amide bonds. The van der Waals surface area contributed by atoms with Crippen LogP contribution in [0.4, 0.5) is 8.78 Å². The molecule has 2 unspecified atom stereocenters. The summed E-state index contributed by atoms with van der Waals surface area (Å²) in [5.74, 6) is 1.31. The second-order valence-electron chi connectivity index (χ2n) is 4.19. The molecule has 0 saturated heterocycles. The second-order valence-corrected chi connectivity index (χ2v) is 4.19. The molecule has 0 fully saturated rings. The second kappa shape index (κ2) is 5.50. The van der Waals surface area contributed by atoms with Crippen LogP contribution in [0, 0.1) is 17.8 Å². The lowest BCUT2D eigenvalue weighted by Crippen LogP contribution is -2.11. The minimum absolute atomic E-state index is 0.0526. The third-order valence-corrected chi connectivity index (χ3v) is 2.49. The Morgan fingerprint density at radius 3 is 1.75 bits per heavy atom. The maximum atomic E-state index is 11.9. The highest BCUT2D eigenvalue weighted by Crippen LogP contribution is 2.23. The van der Waals surface area contributed by atoms with Gasteiger partial charge < -0.3 is 0 Å². The number of hydrogen-bond acceptors (Lipinski definition) is 0. The summed E-state index contributed by atoms with van der Waals surface area (Å²) in [6.07, 6.45) is -1.17. The SMILES string of the molecule is CC(CC(F)F)CC(C)C(C)C. The average molecular weight is 178 g/mol. The van der Waals surface area contributed by atoms with Crippen LogP contribution in [0.1, 0.15) is 40.5 Å². The molecule has 0 aliphatic carbocycles. The van der Waals surface area contributed by atoms with Crippen molar-refractivity contribution in [3.8, 4) is 0 Å². The molecule has 0 saturated carbocycles. The summed E-state index contributed by atoms with van der Waals surface area (Å²) in [5.41, 5.74) is 0. The van der Waals surface area contributed by atoms with Crippen molar-refractivity contribution < 1.29 is 8.78 Å². The van der Waals surface area contributed by atoms with Crippen molar-refractivity contribution in [2.24, 2.45) is 17.8 Å². The van der Waals surface area contributed by atoms with Crippen LogP contribution < -0.4 is 0 Å². The molecule has 0 bridgehead atoms. The molecule has 0 rings (SSSR count). The molecule has 0 aliphatic heterocycles. The van der Waals surface area contributed by atoms with Gasteiger partial charge in [-0.3, -0.25) is 0 Å². The van der Waals surface area contributed by atoms with Gasteiger partial charge in [-0.05, 0) is 24.2 Å². The van der Waals surface area contributed by atoms with Gasteiger partial charge in [-0.1, -0.05) is 27.7 Å². The van der Waals surface area contributed by atoms with Gasteiger partial charge in [0.2, 0.25) is 6.43 Å². The van der Waals surface area contributed by atoms with Crippen LogP contribution in [0.3, 0.4) is 0 Å². The molecule has 12 heavy (non-hydrogen) atoms. The van der Waals surface area contributed by atoms with E-state index in [1.54, 1.807) is 0 Å². The van der Waals surface area contributed by atoms with E-state index in [1.165, 1.54) is 0 Å². The third-order valence-electron chi connectivity index (χ3n) is 2.49. The van der Waals surface area contributed by atoms with Gasteiger partial charge in [0.05, 0.1) is 0 Å². The Bertz CT molecular complexity index is 110. The summed E-state index contributed by atoms with van der Waals surface area (Å²) in [6.45, 7) is 8.32. The average Bonchev–Trinajstić information content (AvgIpc) is 1.84. The predicted molar refractivity (Wildman–Crippen MR) is 48.4 cm³/mol. The zero-order valence-electron chi connectivity index (χ0n) is 8.48. The quantitative estimate of drug-likeness (QED) is 0.597. The number of rotatable bonds is 5.